The summed E-state index contributed by atoms with van der Waals surface area (Å²) in [7, 11) is -2.85. The highest BCUT2D eigenvalue weighted by molar-refractivity contribution is 9.11. The summed E-state index contributed by atoms with van der Waals surface area (Å²) in [5.41, 5.74) is 1.32. The average molecular weight is 474 g/mol. The largest absolute Gasteiger partial charge is 0.423 e. The van der Waals surface area contributed by atoms with E-state index in [0.29, 0.717) is 0 Å². The average Bonchev–Trinajstić information content (AvgIpc) is 2.06. The molecule has 0 radical (unpaired) electrons. The zero-order valence-corrected chi connectivity index (χ0v) is 18.5. The van der Waals surface area contributed by atoms with Crippen LogP contribution in [0, 0.1) is 0 Å². The summed E-state index contributed by atoms with van der Waals surface area (Å²) in [6.45, 7) is 14.5. The molecule has 0 aliphatic rings. The molecule has 0 heterocycles. The smallest absolute Gasteiger partial charge is 0.138 e. The Labute approximate surface area is 138 Å². The molecule has 1 nitrogen and oxygen atoms in total. The normalized spacial score (nSPS) is 12.7. The summed E-state index contributed by atoms with van der Waals surface area (Å²) in [6, 6.07) is 4.26. The highest BCUT2D eigenvalue weighted by atomic mass is 79.9. The number of hydrogen-bond acceptors (Lipinski definition) is 1. The van der Waals surface area contributed by atoms with E-state index in [1.54, 1.807) is 0 Å². The summed E-state index contributed by atoms with van der Waals surface area (Å²) in [4.78, 5) is 0. The third kappa shape index (κ3) is 3.94. The van der Waals surface area contributed by atoms with E-state index in [1.165, 1.54) is 5.69 Å². The SMILES string of the molecule is C[Si](C)(C)N(c1c(Br)cc(Br)cc1Br)[Si](C)(C)C. The summed E-state index contributed by atoms with van der Waals surface area (Å²) in [6.07, 6.45) is 0. The van der Waals surface area contributed by atoms with Crippen LogP contribution >= 0.6 is 47.8 Å². The molecule has 1 aromatic rings. The standard InChI is InChI=1S/C12H20Br3NSi2/c1-17(2,3)16(18(4,5)6)12-10(14)7-9(13)8-11(12)15/h7-8H,1-6H3. The number of nitrogens with zero attached hydrogens (tertiary/aromatic N) is 1. The van der Waals surface area contributed by atoms with Gasteiger partial charge in [-0.15, -0.1) is 0 Å². The number of halogens is 3. The van der Waals surface area contributed by atoms with Gasteiger partial charge >= 0.3 is 0 Å². The number of hydrogen-bond donors (Lipinski definition) is 0. The summed E-state index contributed by atoms with van der Waals surface area (Å²) < 4.78 is 6.12. The fraction of sp³-hybridized carbons (Fsp3) is 0.500. The lowest BCUT2D eigenvalue weighted by Gasteiger charge is -2.46. The first kappa shape index (κ1) is 16.9. The van der Waals surface area contributed by atoms with Crippen molar-refractivity contribution in [3.05, 3.63) is 25.6 Å². The molecule has 0 N–H and O–H groups in total. The summed E-state index contributed by atoms with van der Waals surface area (Å²) in [5, 5.41) is 0. The van der Waals surface area contributed by atoms with Gasteiger partial charge in [0.15, 0.2) is 0 Å². The van der Waals surface area contributed by atoms with Crippen LogP contribution in [-0.4, -0.2) is 16.5 Å². The number of anilines is 1. The quantitative estimate of drug-likeness (QED) is 0.456. The minimum atomic E-state index is -1.42. The van der Waals surface area contributed by atoms with Gasteiger partial charge in [-0.05, 0) is 44.0 Å². The predicted molar refractivity (Wildman–Crippen MR) is 98.7 cm³/mol. The maximum absolute atomic E-state index is 3.73. The second kappa shape index (κ2) is 5.71. The van der Waals surface area contributed by atoms with Crippen molar-refractivity contribution in [2.24, 2.45) is 0 Å². The molecular weight excluding hydrogens is 454 g/mol. The van der Waals surface area contributed by atoms with Crippen molar-refractivity contribution in [1.82, 2.24) is 0 Å². The van der Waals surface area contributed by atoms with E-state index >= 15 is 0 Å². The molecule has 0 fully saturated rings. The first-order chi connectivity index (χ1) is 7.94. The van der Waals surface area contributed by atoms with E-state index in [-0.39, 0.29) is 0 Å². The van der Waals surface area contributed by atoms with E-state index in [1.807, 2.05) is 0 Å². The molecule has 0 saturated heterocycles. The molecule has 0 aliphatic carbocycles. The van der Waals surface area contributed by atoms with Crippen LogP contribution in [0.2, 0.25) is 39.3 Å². The van der Waals surface area contributed by atoms with E-state index < -0.39 is 16.5 Å². The van der Waals surface area contributed by atoms with E-state index in [9.17, 15) is 0 Å². The minimum Gasteiger partial charge on any atom is -0.423 e. The lowest BCUT2D eigenvalue weighted by molar-refractivity contribution is 1.32. The van der Waals surface area contributed by atoms with Crippen LogP contribution in [0.25, 0.3) is 0 Å². The Kier molecular flexibility index (Phi) is 5.38. The van der Waals surface area contributed by atoms with Gasteiger partial charge in [-0.25, -0.2) is 0 Å². The summed E-state index contributed by atoms with van der Waals surface area (Å²) >= 11 is 11.0. The van der Waals surface area contributed by atoms with Crippen LogP contribution in [0.15, 0.2) is 25.6 Å². The molecule has 0 bridgehead atoms. The van der Waals surface area contributed by atoms with E-state index in [4.69, 9.17) is 0 Å². The van der Waals surface area contributed by atoms with Gasteiger partial charge in [0, 0.05) is 19.1 Å². The minimum absolute atomic E-state index is 1.09. The molecule has 1 rings (SSSR count). The van der Waals surface area contributed by atoms with Crippen LogP contribution in [0.5, 0.6) is 0 Å². The highest BCUT2D eigenvalue weighted by Crippen LogP contribution is 2.41. The van der Waals surface area contributed by atoms with Crippen molar-refractivity contribution in [1.29, 1.82) is 0 Å². The number of rotatable bonds is 3. The third-order valence-electron chi connectivity index (χ3n) is 2.55. The number of benzene rings is 1. The summed E-state index contributed by atoms with van der Waals surface area (Å²) in [5.74, 6) is 0. The van der Waals surface area contributed by atoms with Gasteiger partial charge in [-0.3, -0.25) is 0 Å². The second-order valence-electron chi connectivity index (χ2n) is 6.40. The molecule has 0 amide bonds. The Bertz CT molecular complexity index is 413. The van der Waals surface area contributed by atoms with Crippen LogP contribution in [-0.2, 0) is 0 Å². The Morgan fingerprint density at radius 3 is 1.39 bits per heavy atom. The Hall–Kier alpha value is 0.894. The van der Waals surface area contributed by atoms with Crippen LogP contribution in [0.4, 0.5) is 5.69 Å². The fourth-order valence-corrected chi connectivity index (χ4v) is 15.6. The molecule has 6 heteroatoms. The van der Waals surface area contributed by atoms with Crippen molar-refractivity contribution < 1.29 is 0 Å². The van der Waals surface area contributed by atoms with Crippen molar-refractivity contribution in [3.8, 4) is 0 Å². The van der Waals surface area contributed by atoms with E-state index in [2.05, 4.69) is 103 Å². The monoisotopic (exact) mass is 471 g/mol. The zero-order chi connectivity index (χ0) is 14.3. The van der Waals surface area contributed by atoms with Gasteiger partial charge in [0.25, 0.3) is 0 Å². The lowest BCUT2D eigenvalue weighted by Crippen LogP contribution is -2.59. The molecular formula is C12H20Br3NSi2. The molecule has 102 valence electrons. The van der Waals surface area contributed by atoms with Crippen molar-refractivity contribution in [2.75, 3.05) is 4.23 Å². The van der Waals surface area contributed by atoms with Crippen LogP contribution in [0.1, 0.15) is 0 Å². The van der Waals surface area contributed by atoms with Gasteiger partial charge in [-0.2, -0.15) is 0 Å². The topological polar surface area (TPSA) is 3.24 Å². The van der Waals surface area contributed by atoms with E-state index in [0.717, 1.165) is 13.4 Å². The van der Waals surface area contributed by atoms with Crippen molar-refractivity contribution >= 4 is 69.9 Å². The van der Waals surface area contributed by atoms with Gasteiger partial charge in [0.2, 0.25) is 0 Å². The fourth-order valence-electron chi connectivity index (χ4n) is 2.43. The molecule has 0 aromatic heterocycles. The third-order valence-corrected chi connectivity index (χ3v) is 11.4. The molecule has 0 atom stereocenters. The first-order valence-electron chi connectivity index (χ1n) is 5.89. The van der Waals surface area contributed by atoms with Gasteiger partial charge in [-0.1, -0.05) is 55.2 Å². The Morgan fingerprint density at radius 2 is 1.11 bits per heavy atom. The van der Waals surface area contributed by atoms with Crippen molar-refractivity contribution in [3.63, 3.8) is 0 Å². The lowest BCUT2D eigenvalue weighted by atomic mass is 10.3. The predicted octanol–water partition coefficient (Wildman–Crippen LogP) is 6.45. The molecule has 0 saturated carbocycles. The van der Waals surface area contributed by atoms with Crippen LogP contribution < -0.4 is 4.23 Å². The molecule has 0 spiro atoms. The highest BCUT2D eigenvalue weighted by Gasteiger charge is 2.36. The van der Waals surface area contributed by atoms with Gasteiger partial charge in [0.1, 0.15) is 16.5 Å². The van der Waals surface area contributed by atoms with Crippen LogP contribution in [0.3, 0.4) is 0 Å². The molecule has 1 aromatic carbocycles. The maximum atomic E-state index is 3.73. The maximum Gasteiger partial charge on any atom is 0.138 e. The van der Waals surface area contributed by atoms with Crippen molar-refractivity contribution in [2.45, 2.75) is 39.3 Å². The molecule has 0 unspecified atom stereocenters. The first-order valence-corrected chi connectivity index (χ1v) is 15.2. The Morgan fingerprint density at radius 1 is 0.778 bits per heavy atom. The van der Waals surface area contributed by atoms with Gasteiger partial charge < -0.3 is 4.23 Å². The zero-order valence-electron chi connectivity index (χ0n) is 11.7. The van der Waals surface area contributed by atoms with Gasteiger partial charge in [0.05, 0.1) is 0 Å². The molecule has 0 aliphatic heterocycles. The Balaban J connectivity index is 3.50. The second-order valence-corrected chi connectivity index (χ2v) is 19.0. The molecule has 18 heavy (non-hydrogen) atoms.